The molecule has 4 unspecified atom stereocenters. The molecule has 0 aromatic heterocycles. The molecule has 0 bridgehead atoms. The summed E-state index contributed by atoms with van der Waals surface area (Å²) in [5, 5.41) is 29.2. The molecule has 0 spiro atoms. The number of aliphatic hydroxyl groups is 3. The number of ether oxygens (including phenoxy) is 3. The van der Waals surface area contributed by atoms with Crippen LogP contribution in [0.1, 0.15) is 27.2 Å². The molecular formula is C14H28O6. The van der Waals surface area contributed by atoms with E-state index in [1.807, 2.05) is 0 Å². The van der Waals surface area contributed by atoms with Gasteiger partial charge in [-0.05, 0) is 18.3 Å². The quantitative estimate of drug-likeness (QED) is 0.618. The van der Waals surface area contributed by atoms with E-state index in [1.54, 1.807) is 0 Å². The Labute approximate surface area is 120 Å². The predicted molar refractivity (Wildman–Crippen MR) is 73.1 cm³/mol. The molecule has 6 nitrogen and oxygen atoms in total. The lowest BCUT2D eigenvalue weighted by molar-refractivity contribution is -0.296. The van der Waals surface area contributed by atoms with E-state index in [1.165, 1.54) is 7.11 Å². The molecule has 6 atom stereocenters. The maximum Gasteiger partial charge on any atom is 0.186 e. The van der Waals surface area contributed by atoms with E-state index in [2.05, 4.69) is 20.8 Å². The maximum absolute atomic E-state index is 9.86. The largest absolute Gasteiger partial charge is 0.387 e. The van der Waals surface area contributed by atoms with Gasteiger partial charge < -0.3 is 29.5 Å². The second kappa shape index (κ2) is 8.26. The van der Waals surface area contributed by atoms with Gasteiger partial charge in [-0.15, -0.1) is 0 Å². The lowest BCUT2D eigenvalue weighted by Crippen LogP contribution is -2.59. The minimum atomic E-state index is -1.30. The zero-order valence-electron chi connectivity index (χ0n) is 12.7. The highest BCUT2D eigenvalue weighted by molar-refractivity contribution is 4.89. The molecule has 1 aliphatic rings. The van der Waals surface area contributed by atoms with E-state index in [4.69, 9.17) is 14.2 Å². The summed E-state index contributed by atoms with van der Waals surface area (Å²) in [6, 6.07) is 0. The highest BCUT2D eigenvalue weighted by Crippen LogP contribution is 2.22. The first kappa shape index (κ1) is 17.8. The zero-order valence-corrected chi connectivity index (χ0v) is 12.7. The Morgan fingerprint density at radius 2 is 1.70 bits per heavy atom. The molecule has 0 aliphatic carbocycles. The first-order valence-electron chi connectivity index (χ1n) is 7.17. The van der Waals surface area contributed by atoms with E-state index in [0.29, 0.717) is 18.4 Å². The molecule has 6 heteroatoms. The molecule has 0 radical (unpaired) electrons. The molecule has 1 saturated heterocycles. The number of rotatable bonds is 7. The van der Waals surface area contributed by atoms with Crippen molar-refractivity contribution in [3.8, 4) is 0 Å². The molecule has 1 rings (SSSR count). The van der Waals surface area contributed by atoms with E-state index in [0.717, 1.165) is 6.42 Å². The summed E-state index contributed by atoms with van der Waals surface area (Å²) in [7, 11) is 1.38. The van der Waals surface area contributed by atoms with Crippen LogP contribution in [0.5, 0.6) is 0 Å². The fourth-order valence-corrected chi connectivity index (χ4v) is 2.51. The SMILES string of the molecule is CO[C@H]1OC(COCC(C)CC(C)C)[C@@H](O)C(O)C1O. The first-order valence-corrected chi connectivity index (χ1v) is 7.17. The molecule has 1 fully saturated rings. The van der Waals surface area contributed by atoms with Crippen molar-refractivity contribution in [3.63, 3.8) is 0 Å². The molecule has 0 aromatic carbocycles. The lowest BCUT2D eigenvalue weighted by atomic mass is 9.99. The fourth-order valence-electron chi connectivity index (χ4n) is 2.51. The van der Waals surface area contributed by atoms with Gasteiger partial charge in [-0.25, -0.2) is 0 Å². The minimum Gasteiger partial charge on any atom is -0.387 e. The number of methoxy groups -OCH3 is 1. The van der Waals surface area contributed by atoms with Crippen molar-refractivity contribution in [3.05, 3.63) is 0 Å². The standard InChI is InChI=1S/C14H28O6/c1-8(2)5-9(3)6-19-7-10-11(15)12(16)13(17)14(18-4)20-10/h8-17H,5-7H2,1-4H3/t9?,10?,11-,12?,13?,14+/m1/s1. The van der Waals surface area contributed by atoms with Crippen LogP contribution in [0, 0.1) is 11.8 Å². The van der Waals surface area contributed by atoms with Crippen LogP contribution in [0.2, 0.25) is 0 Å². The summed E-state index contributed by atoms with van der Waals surface area (Å²) in [4.78, 5) is 0. The summed E-state index contributed by atoms with van der Waals surface area (Å²) in [5.74, 6) is 1.03. The normalized spacial score (nSPS) is 36.3. The topological polar surface area (TPSA) is 88.4 Å². The van der Waals surface area contributed by atoms with Crippen LogP contribution in [0.3, 0.4) is 0 Å². The molecule has 1 aliphatic heterocycles. The molecule has 0 amide bonds. The third-order valence-electron chi connectivity index (χ3n) is 3.46. The second-order valence-electron chi connectivity index (χ2n) is 6.02. The van der Waals surface area contributed by atoms with Gasteiger partial charge in [-0.3, -0.25) is 0 Å². The van der Waals surface area contributed by atoms with Crippen molar-refractivity contribution >= 4 is 0 Å². The van der Waals surface area contributed by atoms with E-state index in [9.17, 15) is 15.3 Å². The van der Waals surface area contributed by atoms with Gasteiger partial charge >= 0.3 is 0 Å². The van der Waals surface area contributed by atoms with Gasteiger partial charge in [-0.1, -0.05) is 20.8 Å². The zero-order chi connectivity index (χ0) is 15.3. The Balaban J connectivity index is 2.38. The second-order valence-corrected chi connectivity index (χ2v) is 6.02. The number of hydrogen-bond acceptors (Lipinski definition) is 6. The Kier molecular flexibility index (Phi) is 7.36. The van der Waals surface area contributed by atoms with E-state index >= 15 is 0 Å². The van der Waals surface area contributed by atoms with Crippen molar-refractivity contribution in [2.75, 3.05) is 20.3 Å². The van der Waals surface area contributed by atoms with Crippen LogP contribution < -0.4 is 0 Å². The van der Waals surface area contributed by atoms with Crippen molar-refractivity contribution in [2.45, 2.75) is 57.9 Å². The smallest absolute Gasteiger partial charge is 0.186 e. The highest BCUT2D eigenvalue weighted by Gasteiger charge is 2.43. The molecule has 120 valence electrons. The summed E-state index contributed by atoms with van der Waals surface area (Å²) in [6.07, 6.45) is -4.33. The van der Waals surface area contributed by atoms with Crippen molar-refractivity contribution in [1.82, 2.24) is 0 Å². The average molecular weight is 292 g/mol. The Hall–Kier alpha value is -0.240. The molecule has 1 heterocycles. The van der Waals surface area contributed by atoms with Crippen LogP contribution in [0.15, 0.2) is 0 Å². The summed E-state index contributed by atoms with van der Waals surface area (Å²) in [6.45, 7) is 7.15. The van der Waals surface area contributed by atoms with E-state index in [-0.39, 0.29) is 6.61 Å². The van der Waals surface area contributed by atoms with Crippen LogP contribution in [-0.4, -0.2) is 66.3 Å². The third kappa shape index (κ3) is 4.95. The van der Waals surface area contributed by atoms with Gasteiger partial charge in [0, 0.05) is 13.7 Å². The Morgan fingerprint density at radius 1 is 1.05 bits per heavy atom. The molecule has 0 saturated carbocycles. The average Bonchev–Trinajstić information content (AvgIpc) is 2.38. The summed E-state index contributed by atoms with van der Waals surface area (Å²) < 4.78 is 15.9. The van der Waals surface area contributed by atoms with Crippen molar-refractivity contribution in [2.24, 2.45) is 11.8 Å². The molecule has 3 N–H and O–H groups in total. The molecule has 20 heavy (non-hydrogen) atoms. The van der Waals surface area contributed by atoms with Crippen LogP contribution in [-0.2, 0) is 14.2 Å². The maximum atomic E-state index is 9.86. The first-order chi connectivity index (χ1) is 9.36. The van der Waals surface area contributed by atoms with Gasteiger partial charge in [0.25, 0.3) is 0 Å². The Morgan fingerprint density at radius 3 is 2.25 bits per heavy atom. The number of aliphatic hydroxyl groups excluding tert-OH is 3. The molecular weight excluding hydrogens is 264 g/mol. The van der Waals surface area contributed by atoms with Crippen LogP contribution >= 0.6 is 0 Å². The summed E-state index contributed by atoms with van der Waals surface area (Å²) in [5.41, 5.74) is 0. The highest BCUT2D eigenvalue weighted by atomic mass is 16.7. The Bertz CT molecular complexity index is 270. The minimum absolute atomic E-state index is 0.160. The van der Waals surface area contributed by atoms with Gasteiger partial charge in [0.1, 0.15) is 24.4 Å². The van der Waals surface area contributed by atoms with Gasteiger partial charge in [0.2, 0.25) is 0 Å². The summed E-state index contributed by atoms with van der Waals surface area (Å²) >= 11 is 0. The fraction of sp³-hybridized carbons (Fsp3) is 1.00. The van der Waals surface area contributed by atoms with Crippen molar-refractivity contribution in [1.29, 1.82) is 0 Å². The number of hydrogen-bond donors (Lipinski definition) is 3. The van der Waals surface area contributed by atoms with Crippen LogP contribution in [0.4, 0.5) is 0 Å². The lowest BCUT2D eigenvalue weighted by Gasteiger charge is -2.39. The van der Waals surface area contributed by atoms with Gasteiger partial charge in [0.15, 0.2) is 6.29 Å². The third-order valence-corrected chi connectivity index (χ3v) is 3.46. The molecule has 0 aromatic rings. The predicted octanol–water partition coefficient (Wildman–Crippen LogP) is 0.139. The monoisotopic (exact) mass is 292 g/mol. The van der Waals surface area contributed by atoms with Crippen molar-refractivity contribution < 1.29 is 29.5 Å². The van der Waals surface area contributed by atoms with E-state index < -0.39 is 30.7 Å². The van der Waals surface area contributed by atoms with Crippen LogP contribution in [0.25, 0.3) is 0 Å². The van der Waals surface area contributed by atoms with Gasteiger partial charge in [-0.2, -0.15) is 0 Å². The van der Waals surface area contributed by atoms with Gasteiger partial charge in [0.05, 0.1) is 6.61 Å².